The minimum absolute atomic E-state index is 0.0295. The first-order valence-electron chi connectivity index (χ1n) is 5.76. The Morgan fingerprint density at radius 1 is 1.11 bits per heavy atom. The molecule has 0 radical (unpaired) electrons. The normalized spacial score (nSPS) is 12.3. The zero-order valence-electron chi connectivity index (χ0n) is 10.6. The van der Waals surface area contributed by atoms with Crippen LogP contribution in [0, 0.1) is 6.92 Å². The molecule has 2 aromatic rings. The van der Waals surface area contributed by atoms with Crippen LogP contribution in [-0.4, -0.2) is 7.11 Å². The Hall–Kier alpha value is -0.700. The van der Waals surface area contributed by atoms with Crippen molar-refractivity contribution < 1.29 is 4.74 Å². The second kappa shape index (κ2) is 6.17. The second-order valence-electron chi connectivity index (χ2n) is 4.26. The number of benzene rings is 2. The molecule has 0 amide bonds. The number of aryl methyl sites for hydroxylation is 1. The summed E-state index contributed by atoms with van der Waals surface area (Å²) in [6.45, 7) is 2.02. The Morgan fingerprint density at radius 3 is 2.42 bits per heavy atom. The lowest BCUT2D eigenvalue weighted by Gasteiger charge is -2.14. The van der Waals surface area contributed by atoms with Crippen LogP contribution >= 0.6 is 39.1 Å². The SMILES string of the molecule is COc1ccc(C(Br)c2ccc(Cl)cc2Cl)cc1C. The van der Waals surface area contributed by atoms with Gasteiger partial charge in [-0.3, -0.25) is 0 Å². The van der Waals surface area contributed by atoms with Gasteiger partial charge in [-0.15, -0.1) is 0 Å². The van der Waals surface area contributed by atoms with Crippen molar-refractivity contribution in [3.8, 4) is 5.75 Å². The molecule has 0 aliphatic carbocycles. The number of hydrogen-bond donors (Lipinski definition) is 0. The molecular formula is C15H13BrCl2O. The lowest BCUT2D eigenvalue weighted by Crippen LogP contribution is -1.96. The van der Waals surface area contributed by atoms with Gasteiger partial charge < -0.3 is 4.74 Å². The van der Waals surface area contributed by atoms with Crippen LogP contribution < -0.4 is 4.74 Å². The number of alkyl halides is 1. The number of methoxy groups -OCH3 is 1. The number of hydrogen-bond acceptors (Lipinski definition) is 1. The lowest BCUT2D eigenvalue weighted by molar-refractivity contribution is 0.411. The third kappa shape index (κ3) is 3.25. The molecule has 0 bridgehead atoms. The zero-order chi connectivity index (χ0) is 14.0. The number of halogens is 3. The Labute approximate surface area is 131 Å². The average molecular weight is 360 g/mol. The van der Waals surface area contributed by atoms with E-state index in [0.717, 1.165) is 22.4 Å². The molecule has 0 saturated carbocycles. The summed E-state index contributed by atoms with van der Waals surface area (Å²) < 4.78 is 5.27. The molecule has 1 atom stereocenters. The third-order valence-corrected chi connectivity index (χ3v) is 4.53. The molecule has 0 saturated heterocycles. The van der Waals surface area contributed by atoms with Gasteiger partial charge in [0.05, 0.1) is 11.9 Å². The Bertz CT molecular complexity index is 599. The zero-order valence-corrected chi connectivity index (χ0v) is 13.7. The molecule has 1 nitrogen and oxygen atoms in total. The molecular weight excluding hydrogens is 347 g/mol. The summed E-state index contributed by atoms with van der Waals surface area (Å²) in [5.41, 5.74) is 3.22. The summed E-state index contributed by atoms with van der Waals surface area (Å²) in [4.78, 5) is 0.0295. The molecule has 19 heavy (non-hydrogen) atoms. The Kier molecular flexibility index (Phi) is 4.77. The van der Waals surface area contributed by atoms with Crippen molar-refractivity contribution in [3.63, 3.8) is 0 Å². The second-order valence-corrected chi connectivity index (χ2v) is 6.02. The fourth-order valence-electron chi connectivity index (χ4n) is 1.95. The van der Waals surface area contributed by atoms with E-state index in [4.69, 9.17) is 27.9 Å². The summed E-state index contributed by atoms with van der Waals surface area (Å²) >= 11 is 15.8. The van der Waals surface area contributed by atoms with Gasteiger partial charge in [0, 0.05) is 10.0 Å². The highest BCUT2D eigenvalue weighted by Crippen LogP contribution is 2.37. The molecule has 0 N–H and O–H groups in total. The van der Waals surface area contributed by atoms with Crippen LogP contribution in [0.25, 0.3) is 0 Å². The Morgan fingerprint density at radius 2 is 1.84 bits per heavy atom. The first-order chi connectivity index (χ1) is 9.02. The predicted molar refractivity (Wildman–Crippen MR) is 85.0 cm³/mol. The van der Waals surface area contributed by atoms with Crippen molar-refractivity contribution in [1.82, 2.24) is 0 Å². The van der Waals surface area contributed by atoms with Crippen molar-refractivity contribution >= 4 is 39.1 Å². The van der Waals surface area contributed by atoms with Gasteiger partial charge in [0.15, 0.2) is 0 Å². The van der Waals surface area contributed by atoms with E-state index >= 15 is 0 Å². The molecule has 0 aromatic heterocycles. The maximum absolute atomic E-state index is 6.23. The summed E-state index contributed by atoms with van der Waals surface area (Å²) in [6.07, 6.45) is 0. The van der Waals surface area contributed by atoms with Crippen LogP contribution in [0.5, 0.6) is 5.75 Å². The summed E-state index contributed by atoms with van der Waals surface area (Å²) in [5, 5.41) is 1.29. The fraction of sp³-hybridized carbons (Fsp3) is 0.200. The van der Waals surface area contributed by atoms with Gasteiger partial charge in [0.1, 0.15) is 5.75 Å². The smallest absolute Gasteiger partial charge is 0.121 e. The molecule has 2 rings (SSSR count). The highest BCUT2D eigenvalue weighted by Gasteiger charge is 2.15. The monoisotopic (exact) mass is 358 g/mol. The van der Waals surface area contributed by atoms with E-state index in [1.165, 1.54) is 0 Å². The van der Waals surface area contributed by atoms with E-state index in [9.17, 15) is 0 Å². The van der Waals surface area contributed by atoms with E-state index in [2.05, 4.69) is 22.0 Å². The molecule has 0 aliphatic rings. The number of rotatable bonds is 3. The van der Waals surface area contributed by atoms with Crippen molar-refractivity contribution in [2.45, 2.75) is 11.8 Å². The van der Waals surface area contributed by atoms with Crippen LogP contribution in [-0.2, 0) is 0 Å². The minimum atomic E-state index is 0.0295. The van der Waals surface area contributed by atoms with Crippen molar-refractivity contribution in [2.24, 2.45) is 0 Å². The molecule has 0 fully saturated rings. The van der Waals surface area contributed by atoms with Gasteiger partial charge >= 0.3 is 0 Å². The molecule has 1 unspecified atom stereocenters. The quantitative estimate of drug-likeness (QED) is 0.629. The Balaban J connectivity index is 2.38. The van der Waals surface area contributed by atoms with E-state index in [1.807, 2.05) is 31.2 Å². The van der Waals surface area contributed by atoms with Crippen LogP contribution in [0.2, 0.25) is 10.0 Å². The molecule has 2 aromatic carbocycles. The number of ether oxygens (including phenoxy) is 1. The van der Waals surface area contributed by atoms with Gasteiger partial charge in [-0.05, 0) is 41.8 Å². The van der Waals surface area contributed by atoms with Crippen molar-refractivity contribution in [2.75, 3.05) is 7.11 Å². The summed E-state index contributed by atoms with van der Waals surface area (Å²) in [5.74, 6) is 0.880. The highest BCUT2D eigenvalue weighted by molar-refractivity contribution is 9.09. The maximum atomic E-state index is 6.23. The maximum Gasteiger partial charge on any atom is 0.121 e. The van der Waals surface area contributed by atoms with E-state index in [-0.39, 0.29) is 4.83 Å². The standard InChI is InChI=1S/C15H13BrCl2O/c1-9-7-10(3-6-14(9)19-2)15(16)12-5-4-11(17)8-13(12)18/h3-8,15H,1-2H3. The molecule has 100 valence electrons. The molecule has 0 aliphatic heterocycles. The van der Waals surface area contributed by atoms with Crippen LogP contribution in [0.3, 0.4) is 0 Å². The van der Waals surface area contributed by atoms with Gasteiger partial charge in [-0.2, -0.15) is 0 Å². The first kappa shape index (κ1) is 14.7. The molecule has 4 heteroatoms. The molecule has 0 spiro atoms. The third-order valence-electron chi connectivity index (χ3n) is 2.95. The van der Waals surface area contributed by atoms with E-state index in [0.29, 0.717) is 10.0 Å². The van der Waals surface area contributed by atoms with Gasteiger partial charge in [-0.1, -0.05) is 57.3 Å². The van der Waals surface area contributed by atoms with Crippen LogP contribution in [0.1, 0.15) is 21.5 Å². The average Bonchev–Trinajstić information content (AvgIpc) is 2.38. The fourth-order valence-corrected chi connectivity index (χ4v) is 3.28. The molecule has 0 heterocycles. The van der Waals surface area contributed by atoms with E-state index < -0.39 is 0 Å². The topological polar surface area (TPSA) is 9.23 Å². The van der Waals surface area contributed by atoms with Gasteiger partial charge in [0.25, 0.3) is 0 Å². The first-order valence-corrected chi connectivity index (χ1v) is 7.43. The minimum Gasteiger partial charge on any atom is -0.496 e. The van der Waals surface area contributed by atoms with Crippen molar-refractivity contribution in [3.05, 3.63) is 63.1 Å². The largest absolute Gasteiger partial charge is 0.496 e. The van der Waals surface area contributed by atoms with Crippen molar-refractivity contribution in [1.29, 1.82) is 0 Å². The highest BCUT2D eigenvalue weighted by atomic mass is 79.9. The van der Waals surface area contributed by atoms with Gasteiger partial charge in [0.2, 0.25) is 0 Å². The van der Waals surface area contributed by atoms with Crippen LogP contribution in [0.4, 0.5) is 0 Å². The summed E-state index contributed by atoms with van der Waals surface area (Å²) in [6, 6.07) is 11.6. The van der Waals surface area contributed by atoms with Crippen LogP contribution in [0.15, 0.2) is 36.4 Å². The predicted octanol–water partition coefficient (Wildman–Crippen LogP) is 5.79. The lowest BCUT2D eigenvalue weighted by atomic mass is 10.0. The summed E-state index contributed by atoms with van der Waals surface area (Å²) in [7, 11) is 1.67. The van der Waals surface area contributed by atoms with Gasteiger partial charge in [-0.25, -0.2) is 0 Å². The van der Waals surface area contributed by atoms with E-state index in [1.54, 1.807) is 13.2 Å².